The number of aromatic nitrogens is 3. The third-order valence-corrected chi connectivity index (χ3v) is 1.89. The highest BCUT2D eigenvalue weighted by atomic mass is 16.5. The van der Waals surface area contributed by atoms with Gasteiger partial charge in [0.1, 0.15) is 12.4 Å². The van der Waals surface area contributed by atoms with E-state index in [4.69, 9.17) is 20.7 Å². The second-order valence-corrected chi connectivity index (χ2v) is 3.15. The third kappa shape index (κ3) is 3.46. The molecular weight excluding hydrogens is 232 g/mol. The number of hydrogen-bond donors (Lipinski definition) is 4. The molecule has 1 rings (SSSR count). The van der Waals surface area contributed by atoms with Gasteiger partial charge in [-0.2, -0.15) is 0 Å². The lowest BCUT2D eigenvalue weighted by molar-refractivity contribution is -0.110. The van der Waals surface area contributed by atoms with Crippen LogP contribution >= 0.6 is 0 Å². The van der Waals surface area contributed by atoms with Gasteiger partial charge in [-0.1, -0.05) is 0 Å². The lowest BCUT2D eigenvalue weighted by atomic mass is 10.3. The van der Waals surface area contributed by atoms with Crippen LogP contribution in [0.4, 0.5) is 0 Å². The minimum atomic E-state index is -1.26. The van der Waals surface area contributed by atoms with Crippen LogP contribution in [0.5, 0.6) is 0 Å². The lowest BCUT2D eigenvalue weighted by Crippen LogP contribution is -2.31. The van der Waals surface area contributed by atoms with Gasteiger partial charge in [0, 0.05) is 0 Å². The summed E-state index contributed by atoms with van der Waals surface area (Å²) in [5.41, 5.74) is 4.97. The number of hydrogen-bond acceptors (Lipinski definition) is 7. The Kier molecular flexibility index (Phi) is 4.97. The Morgan fingerprint density at radius 2 is 2.29 bits per heavy atom. The molecule has 0 radical (unpaired) electrons. The van der Waals surface area contributed by atoms with E-state index >= 15 is 0 Å². The standard InChI is InChI=1S/C8H14N4O5/c9-6(16)7-10-4-12(11-7)8(5(15)3-14)17-2-1-13/h4-5,8,13-15H,1-3H2,(H2,9,16)/t5-,8+/m1/s1. The molecule has 0 aromatic carbocycles. The fourth-order valence-electron chi connectivity index (χ4n) is 1.14. The smallest absolute Gasteiger partial charge is 0.288 e. The van der Waals surface area contributed by atoms with Crippen LogP contribution in [0.25, 0.3) is 0 Å². The summed E-state index contributed by atoms with van der Waals surface area (Å²) in [5, 5.41) is 30.6. The zero-order valence-corrected chi connectivity index (χ0v) is 8.93. The van der Waals surface area contributed by atoms with Crippen LogP contribution in [-0.4, -0.2) is 61.9 Å². The second-order valence-electron chi connectivity index (χ2n) is 3.15. The average molecular weight is 246 g/mol. The van der Waals surface area contributed by atoms with E-state index < -0.39 is 24.8 Å². The van der Waals surface area contributed by atoms with E-state index in [1.54, 1.807) is 0 Å². The van der Waals surface area contributed by atoms with E-state index in [2.05, 4.69) is 10.1 Å². The number of nitrogens with zero attached hydrogens (tertiary/aromatic N) is 3. The fraction of sp³-hybridized carbons (Fsp3) is 0.625. The molecule has 9 nitrogen and oxygen atoms in total. The molecule has 96 valence electrons. The Morgan fingerprint density at radius 3 is 2.76 bits per heavy atom. The van der Waals surface area contributed by atoms with Gasteiger partial charge in [0.25, 0.3) is 5.91 Å². The van der Waals surface area contributed by atoms with Crippen LogP contribution in [0, 0.1) is 0 Å². The maximum Gasteiger partial charge on any atom is 0.288 e. The Hall–Kier alpha value is -1.55. The minimum Gasteiger partial charge on any atom is -0.394 e. The molecule has 0 aliphatic carbocycles. The Labute approximate surface area is 96.4 Å². The molecule has 0 saturated carbocycles. The number of ether oxygens (including phenoxy) is 1. The summed E-state index contributed by atoms with van der Waals surface area (Å²) in [7, 11) is 0. The molecule has 1 aromatic heterocycles. The predicted octanol–water partition coefficient (Wildman–Crippen LogP) is -2.76. The van der Waals surface area contributed by atoms with E-state index in [0.717, 1.165) is 11.0 Å². The van der Waals surface area contributed by atoms with Gasteiger partial charge in [-0.25, -0.2) is 9.67 Å². The van der Waals surface area contributed by atoms with Crippen molar-refractivity contribution >= 4 is 5.91 Å². The summed E-state index contributed by atoms with van der Waals surface area (Å²) in [6.45, 7) is -0.888. The topological polar surface area (TPSA) is 144 Å². The molecule has 0 aliphatic rings. The predicted molar refractivity (Wildman–Crippen MR) is 53.7 cm³/mol. The van der Waals surface area contributed by atoms with Gasteiger partial charge in [-0.15, -0.1) is 5.10 Å². The van der Waals surface area contributed by atoms with E-state index in [1.165, 1.54) is 0 Å². The van der Waals surface area contributed by atoms with E-state index in [9.17, 15) is 9.90 Å². The van der Waals surface area contributed by atoms with Crippen molar-refractivity contribution in [3.8, 4) is 0 Å². The van der Waals surface area contributed by atoms with Crippen molar-refractivity contribution in [3.63, 3.8) is 0 Å². The van der Waals surface area contributed by atoms with Gasteiger partial charge < -0.3 is 25.8 Å². The molecule has 9 heteroatoms. The number of primary amides is 1. The molecular formula is C8H14N4O5. The quantitative estimate of drug-likeness (QED) is 0.408. The molecule has 0 bridgehead atoms. The first kappa shape index (κ1) is 13.5. The molecule has 0 fully saturated rings. The Balaban J connectivity index is 2.83. The summed E-state index contributed by atoms with van der Waals surface area (Å²) < 4.78 is 6.12. The number of aliphatic hydroxyl groups is 3. The van der Waals surface area contributed by atoms with Crippen molar-refractivity contribution in [2.24, 2.45) is 5.73 Å². The normalized spacial score (nSPS) is 14.5. The van der Waals surface area contributed by atoms with Crippen molar-refractivity contribution in [1.82, 2.24) is 14.8 Å². The molecule has 0 spiro atoms. The summed E-state index contributed by atoms with van der Waals surface area (Å²) in [6.07, 6.45) is -1.17. The summed E-state index contributed by atoms with van der Waals surface area (Å²) in [4.78, 5) is 14.4. The van der Waals surface area contributed by atoms with Gasteiger partial charge >= 0.3 is 0 Å². The highest BCUT2D eigenvalue weighted by molar-refractivity contribution is 5.88. The van der Waals surface area contributed by atoms with Crippen LogP contribution in [0.1, 0.15) is 16.8 Å². The Morgan fingerprint density at radius 1 is 1.59 bits per heavy atom. The second kappa shape index (κ2) is 6.25. The number of carbonyl (C=O) groups is 1. The molecule has 5 N–H and O–H groups in total. The van der Waals surface area contributed by atoms with Crippen molar-refractivity contribution < 1.29 is 24.9 Å². The van der Waals surface area contributed by atoms with Crippen LogP contribution in [-0.2, 0) is 4.74 Å². The van der Waals surface area contributed by atoms with Crippen LogP contribution in [0.15, 0.2) is 6.33 Å². The van der Waals surface area contributed by atoms with E-state index in [-0.39, 0.29) is 19.0 Å². The number of amides is 1. The molecule has 1 amide bonds. The van der Waals surface area contributed by atoms with Crippen molar-refractivity contribution in [3.05, 3.63) is 12.2 Å². The molecule has 0 aliphatic heterocycles. The van der Waals surface area contributed by atoms with Crippen molar-refractivity contribution in [2.45, 2.75) is 12.3 Å². The van der Waals surface area contributed by atoms with Crippen LogP contribution in [0.2, 0.25) is 0 Å². The summed E-state index contributed by atoms with van der Waals surface area (Å²) >= 11 is 0. The van der Waals surface area contributed by atoms with Crippen molar-refractivity contribution in [2.75, 3.05) is 19.8 Å². The maximum absolute atomic E-state index is 10.8. The van der Waals surface area contributed by atoms with Gasteiger partial charge in [0.15, 0.2) is 6.23 Å². The first-order chi connectivity index (χ1) is 8.10. The highest BCUT2D eigenvalue weighted by Crippen LogP contribution is 2.12. The van der Waals surface area contributed by atoms with E-state index in [0.29, 0.717) is 0 Å². The molecule has 0 unspecified atom stereocenters. The lowest BCUT2D eigenvalue weighted by Gasteiger charge is -2.21. The maximum atomic E-state index is 10.8. The minimum absolute atomic E-state index is 0.0620. The summed E-state index contributed by atoms with van der Waals surface area (Å²) in [5.74, 6) is -1.05. The van der Waals surface area contributed by atoms with E-state index in [1.807, 2.05) is 0 Å². The fourth-order valence-corrected chi connectivity index (χ4v) is 1.14. The zero-order valence-electron chi connectivity index (χ0n) is 8.93. The van der Waals surface area contributed by atoms with Crippen molar-refractivity contribution in [1.29, 1.82) is 0 Å². The first-order valence-corrected chi connectivity index (χ1v) is 4.82. The molecule has 17 heavy (non-hydrogen) atoms. The van der Waals surface area contributed by atoms with Gasteiger partial charge in [0.05, 0.1) is 19.8 Å². The molecule has 0 saturated heterocycles. The largest absolute Gasteiger partial charge is 0.394 e. The third-order valence-electron chi connectivity index (χ3n) is 1.89. The zero-order chi connectivity index (χ0) is 12.8. The number of aliphatic hydroxyl groups excluding tert-OH is 3. The van der Waals surface area contributed by atoms with Gasteiger partial charge in [-0.05, 0) is 0 Å². The van der Waals surface area contributed by atoms with Crippen LogP contribution < -0.4 is 5.73 Å². The Bertz CT molecular complexity index is 369. The number of carbonyl (C=O) groups excluding carboxylic acids is 1. The molecule has 2 atom stereocenters. The average Bonchev–Trinajstić information content (AvgIpc) is 2.78. The first-order valence-electron chi connectivity index (χ1n) is 4.82. The monoisotopic (exact) mass is 246 g/mol. The number of rotatable bonds is 7. The number of nitrogens with two attached hydrogens (primary N) is 1. The molecule has 1 heterocycles. The highest BCUT2D eigenvalue weighted by Gasteiger charge is 2.23. The SMILES string of the molecule is NC(=O)c1ncn([C@@H](OCCO)[C@H](O)CO)n1. The molecule has 1 aromatic rings. The van der Waals surface area contributed by atoms with Gasteiger partial charge in [0.2, 0.25) is 5.82 Å². The van der Waals surface area contributed by atoms with Gasteiger partial charge in [-0.3, -0.25) is 4.79 Å². The van der Waals surface area contributed by atoms with Crippen LogP contribution in [0.3, 0.4) is 0 Å². The summed E-state index contributed by atoms with van der Waals surface area (Å²) in [6, 6.07) is 0.